The quantitative estimate of drug-likeness (QED) is 0.500. The second kappa shape index (κ2) is 8.88. The average molecular weight is 490 g/mol. The molecule has 186 valence electrons. The fraction of sp³-hybridized carbons (Fsp3) is 0.375. The van der Waals surface area contributed by atoms with E-state index in [1.807, 2.05) is 6.92 Å². The molecular formula is C24H25F3N4O4. The number of hydrogen-bond acceptors (Lipinski definition) is 5. The van der Waals surface area contributed by atoms with Crippen molar-refractivity contribution >= 4 is 11.8 Å². The van der Waals surface area contributed by atoms with Crippen LogP contribution < -0.4 is 9.64 Å². The van der Waals surface area contributed by atoms with Crippen LogP contribution in [0.15, 0.2) is 42.9 Å². The van der Waals surface area contributed by atoms with Crippen molar-refractivity contribution in [3.05, 3.63) is 54.0 Å². The standard InChI is InChI=1S/C24H25F3N4O4/c1-14-4-6-18-19(31(14)22(32)33)8-7-17(15-10-29-30(12-15)13-23(2,3)34)21(18)35-20-9-5-16(11-28-20)24(25,26)27/h5,7-12,14,34H,4,6,13H2,1-3H3,(H,32,33)/t14-/m0/s1. The maximum Gasteiger partial charge on any atom is 0.417 e. The Hall–Kier alpha value is -3.60. The number of nitrogens with zero attached hydrogens (tertiary/aromatic N) is 4. The first-order valence-corrected chi connectivity index (χ1v) is 11.0. The van der Waals surface area contributed by atoms with E-state index in [1.165, 1.54) is 4.90 Å². The molecule has 0 bridgehead atoms. The van der Waals surface area contributed by atoms with Gasteiger partial charge in [-0.05, 0) is 51.8 Å². The first kappa shape index (κ1) is 24.5. The summed E-state index contributed by atoms with van der Waals surface area (Å²) in [6, 6.07) is 5.14. The molecule has 2 N–H and O–H groups in total. The summed E-state index contributed by atoms with van der Waals surface area (Å²) < 4.78 is 46.5. The number of rotatable bonds is 5. The first-order chi connectivity index (χ1) is 16.3. The molecule has 3 heterocycles. The minimum Gasteiger partial charge on any atom is -0.465 e. The van der Waals surface area contributed by atoms with Gasteiger partial charge in [0.25, 0.3) is 0 Å². The Labute approximate surface area is 199 Å². The highest BCUT2D eigenvalue weighted by Gasteiger charge is 2.33. The van der Waals surface area contributed by atoms with E-state index in [0.717, 1.165) is 12.1 Å². The van der Waals surface area contributed by atoms with Crippen molar-refractivity contribution in [1.29, 1.82) is 0 Å². The third-order valence-corrected chi connectivity index (χ3v) is 5.72. The smallest absolute Gasteiger partial charge is 0.417 e. The molecule has 11 heteroatoms. The van der Waals surface area contributed by atoms with Gasteiger partial charge in [-0.2, -0.15) is 18.3 Å². The predicted molar refractivity (Wildman–Crippen MR) is 122 cm³/mol. The normalized spacial score (nSPS) is 16.2. The summed E-state index contributed by atoms with van der Waals surface area (Å²) in [6.45, 7) is 5.35. The maximum atomic E-state index is 13.0. The minimum absolute atomic E-state index is 0.0583. The number of amides is 1. The van der Waals surface area contributed by atoms with E-state index in [9.17, 15) is 28.2 Å². The van der Waals surface area contributed by atoms with Gasteiger partial charge in [0.05, 0.1) is 29.6 Å². The highest BCUT2D eigenvalue weighted by Crippen LogP contribution is 2.44. The van der Waals surface area contributed by atoms with Crippen molar-refractivity contribution in [1.82, 2.24) is 14.8 Å². The lowest BCUT2D eigenvalue weighted by molar-refractivity contribution is -0.137. The van der Waals surface area contributed by atoms with Crippen molar-refractivity contribution in [3.8, 4) is 22.8 Å². The molecule has 8 nitrogen and oxygen atoms in total. The molecule has 0 radical (unpaired) electrons. The van der Waals surface area contributed by atoms with Crippen LogP contribution in [-0.4, -0.2) is 42.7 Å². The van der Waals surface area contributed by atoms with Crippen molar-refractivity contribution in [3.63, 3.8) is 0 Å². The van der Waals surface area contributed by atoms with E-state index in [4.69, 9.17) is 4.74 Å². The Morgan fingerprint density at radius 3 is 2.54 bits per heavy atom. The summed E-state index contributed by atoms with van der Waals surface area (Å²) in [5.74, 6) is 0.243. The topological polar surface area (TPSA) is 101 Å². The molecule has 35 heavy (non-hydrogen) atoms. The zero-order valence-corrected chi connectivity index (χ0v) is 19.4. The number of alkyl halides is 3. The summed E-state index contributed by atoms with van der Waals surface area (Å²) in [7, 11) is 0. The van der Waals surface area contributed by atoms with Crippen molar-refractivity contribution in [2.45, 2.75) is 58.0 Å². The number of carbonyl (C=O) groups is 1. The number of ether oxygens (including phenoxy) is 1. The van der Waals surface area contributed by atoms with Crippen LogP contribution in [0.5, 0.6) is 11.6 Å². The van der Waals surface area contributed by atoms with Crippen molar-refractivity contribution < 1.29 is 32.9 Å². The number of aliphatic hydroxyl groups is 1. The monoisotopic (exact) mass is 490 g/mol. The summed E-state index contributed by atoms with van der Waals surface area (Å²) in [6.07, 6.45) is -0.608. The van der Waals surface area contributed by atoms with Gasteiger partial charge in [-0.25, -0.2) is 9.78 Å². The number of anilines is 1. The van der Waals surface area contributed by atoms with Gasteiger partial charge in [0.15, 0.2) is 0 Å². The fourth-order valence-corrected chi connectivity index (χ4v) is 4.14. The second-order valence-corrected chi connectivity index (χ2v) is 9.20. The van der Waals surface area contributed by atoms with E-state index < -0.39 is 23.4 Å². The third-order valence-electron chi connectivity index (χ3n) is 5.72. The number of fused-ring (bicyclic) bond motifs is 1. The highest BCUT2D eigenvalue weighted by molar-refractivity contribution is 5.91. The van der Waals surface area contributed by atoms with Crippen molar-refractivity contribution in [2.24, 2.45) is 0 Å². The Bertz CT molecular complexity index is 1230. The maximum absolute atomic E-state index is 13.0. The van der Waals surface area contributed by atoms with Crippen LogP contribution in [0.3, 0.4) is 0 Å². The summed E-state index contributed by atoms with van der Waals surface area (Å²) in [4.78, 5) is 17.0. The van der Waals surface area contributed by atoms with Gasteiger partial charge >= 0.3 is 12.3 Å². The molecule has 1 aliphatic rings. The molecule has 0 saturated carbocycles. The number of carboxylic acid groups (broad SMARTS) is 1. The number of hydrogen-bond donors (Lipinski definition) is 2. The zero-order valence-electron chi connectivity index (χ0n) is 19.4. The Morgan fingerprint density at radius 1 is 1.20 bits per heavy atom. The van der Waals surface area contributed by atoms with Crippen LogP contribution in [0, 0.1) is 0 Å². The molecule has 1 aliphatic heterocycles. The van der Waals surface area contributed by atoms with Gasteiger partial charge in [0.2, 0.25) is 5.88 Å². The second-order valence-electron chi connectivity index (χ2n) is 9.20. The molecule has 0 aliphatic carbocycles. The van der Waals surface area contributed by atoms with Crippen LogP contribution in [0.1, 0.15) is 38.3 Å². The lowest BCUT2D eigenvalue weighted by Crippen LogP contribution is -2.41. The summed E-state index contributed by atoms with van der Waals surface area (Å²) in [5.41, 5.74) is 0.372. The number of aromatic nitrogens is 3. The molecule has 1 atom stereocenters. The van der Waals surface area contributed by atoms with Crippen LogP contribution in [0.25, 0.3) is 11.1 Å². The summed E-state index contributed by atoms with van der Waals surface area (Å²) in [5, 5.41) is 24.2. The first-order valence-electron chi connectivity index (χ1n) is 11.0. The van der Waals surface area contributed by atoms with E-state index in [0.29, 0.717) is 47.2 Å². The molecule has 2 aromatic heterocycles. The molecular weight excluding hydrogens is 465 g/mol. The minimum atomic E-state index is -4.53. The molecule has 3 aromatic rings. The van der Waals surface area contributed by atoms with Crippen LogP contribution in [0.4, 0.5) is 23.7 Å². The molecule has 0 fully saturated rings. The molecule has 0 unspecified atom stereocenters. The van der Waals surface area contributed by atoms with E-state index >= 15 is 0 Å². The fourth-order valence-electron chi connectivity index (χ4n) is 4.14. The van der Waals surface area contributed by atoms with E-state index in [1.54, 1.807) is 43.1 Å². The Morgan fingerprint density at radius 2 is 1.94 bits per heavy atom. The summed E-state index contributed by atoms with van der Waals surface area (Å²) >= 11 is 0. The zero-order chi connectivity index (χ0) is 25.5. The highest BCUT2D eigenvalue weighted by atomic mass is 19.4. The number of halogens is 3. The Kier molecular flexibility index (Phi) is 6.22. The lowest BCUT2D eigenvalue weighted by atomic mass is 9.92. The van der Waals surface area contributed by atoms with Crippen LogP contribution >= 0.6 is 0 Å². The molecule has 0 saturated heterocycles. The predicted octanol–water partition coefficient (Wildman–Crippen LogP) is 5.35. The van der Waals surface area contributed by atoms with E-state index in [2.05, 4.69) is 10.1 Å². The molecule has 1 aromatic carbocycles. The molecule has 4 rings (SSSR count). The van der Waals surface area contributed by atoms with Gasteiger partial charge in [0.1, 0.15) is 5.75 Å². The van der Waals surface area contributed by atoms with E-state index in [-0.39, 0.29) is 18.5 Å². The largest absolute Gasteiger partial charge is 0.465 e. The van der Waals surface area contributed by atoms with Gasteiger partial charge < -0.3 is 14.9 Å². The molecule has 1 amide bonds. The SMILES string of the molecule is C[C@H]1CCc2c(ccc(-c3cnn(CC(C)(C)O)c3)c2Oc2ccc(C(F)(F)F)cn2)N1C(=O)O. The van der Waals surface area contributed by atoms with Gasteiger partial charge in [-0.3, -0.25) is 9.58 Å². The van der Waals surface area contributed by atoms with Crippen molar-refractivity contribution in [2.75, 3.05) is 4.90 Å². The van der Waals surface area contributed by atoms with Gasteiger partial charge in [0, 0.05) is 41.2 Å². The van der Waals surface area contributed by atoms with Crippen LogP contribution in [0.2, 0.25) is 0 Å². The van der Waals surface area contributed by atoms with Gasteiger partial charge in [-0.15, -0.1) is 0 Å². The average Bonchev–Trinajstić information content (AvgIpc) is 3.19. The number of pyridine rings is 1. The number of benzene rings is 1. The van der Waals surface area contributed by atoms with Gasteiger partial charge in [-0.1, -0.05) is 0 Å². The Balaban J connectivity index is 1.81. The molecule has 0 spiro atoms. The lowest BCUT2D eigenvalue weighted by Gasteiger charge is -2.34. The van der Waals surface area contributed by atoms with Crippen LogP contribution in [-0.2, 0) is 19.1 Å². The third kappa shape index (κ3) is 5.24.